The molecule has 3 N–H and O–H groups in total. The molecule has 2 aromatic carbocycles. The number of H-pyrrole nitrogens is 1. The molecule has 0 aliphatic carbocycles. The first kappa shape index (κ1) is 20.8. The minimum atomic E-state index is -1.07. The van der Waals surface area contributed by atoms with Crippen LogP contribution >= 0.6 is 11.8 Å². The van der Waals surface area contributed by atoms with E-state index in [0.29, 0.717) is 10.9 Å². The van der Waals surface area contributed by atoms with E-state index in [9.17, 15) is 18.8 Å². The van der Waals surface area contributed by atoms with E-state index in [1.54, 1.807) is 6.07 Å². The lowest BCUT2D eigenvalue weighted by atomic mass is 9.92. The largest absolute Gasteiger partial charge is 0.323 e. The number of nitrogens with zero attached hydrogens (tertiary/aromatic N) is 1. The summed E-state index contributed by atoms with van der Waals surface area (Å²) in [4.78, 5) is 44.8. The van der Waals surface area contributed by atoms with Gasteiger partial charge in [0.15, 0.2) is 5.16 Å². The van der Waals surface area contributed by atoms with Crippen LogP contribution < -0.4 is 16.2 Å². The number of thioether (sulfide) groups is 1. The van der Waals surface area contributed by atoms with Crippen molar-refractivity contribution in [3.8, 4) is 0 Å². The zero-order valence-electron chi connectivity index (χ0n) is 16.6. The standard InChI is InChI=1S/C22H19FN4O3S/c1-12-6-2-3-7-13(12)11-31-22-26-19-18(21(30)27-22)14(10-17(28)25-19)20(29)24-16-9-5-4-8-15(16)23/h2-9,14H,10-11H2,1H3,(H,24,29)(H2,25,26,27,28,30). The van der Waals surface area contributed by atoms with Crippen LogP contribution in [-0.2, 0) is 15.3 Å². The van der Waals surface area contributed by atoms with Crippen molar-refractivity contribution >= 4 is 35.1 Å². The van der Waals surface area contributed by atoms with E-state index in [1.807, 2.05) is 31.2 Å². The number of benzene rings is 2. The van der Waals surface area contributed by atoms with Gasteiger partial charge in [0.1, 0.15) is 11.6 Å². The third-order valence-electron chi connectivity index (χ3n) is 5.00. The van der Waals surface area contributed by atoms with Crippen molar-refractivity contribution < 1.29 is 14.0 Å². The average Bonchev–Trinajstić information content (AvgIpc) is 2.74. The predicted octanol–water partition coefficient (Wildman–Crippen LogP) is 3.57. The Bertz CT molecular complexity index is 1230. The Morgan fingerprint density at radius 2 is 1.94 bits per heavy atom. The number of carbonyl (C=O) groups is 2. The first-order valence-corrected chi connectivity index (χ1v) is 10.6. The molecule has 1 aromatic heterocycles. The molecule has 7 nitrogen and oxygen atoms in total. The number of carbonyl (C=O) groups excluding carboxylic acids is 2. The minimum absolute atomic E-state index is 0.0187. The van der Waals surface area contributed by atoms with Crippen molar-refractivity contribution in [1.82, 2.24) is 9.97 Å². The molecule has 1 aliphatic rings. The van der Waals surface area contributed by atoms with Crippen molar-refractivity contribution in [3.63, 3.8) is 0 Å². The molecule has 0 radical (unpaired) electrons. The molecule has 31 heavy (non-hydrogen) atoms. The lowest BCUT2D eigenvalue weighted by Crippen LogP contribution is -2.36. The van der Waals surface area contributed by atoms with Gasteiger partial charge in [-0.15, -0.1) is 0 Å². The molecule has 0 saturated heterocycles. The number of aromatic amines is 1. The molecule has 158 valence electrons. The lowest BCUT2D eigenvalue weighted by molar-refractivity contribution is -0.123. The molecule has 4 rings (SSSR count). The maximum absolute atomic E-state index is 13.9. The fourth-order valence-corrected chi connectivity index (χ4v) is 4.28. The Labute approximate surface area is 181 Å². The van der Waals surface area contributed by atoms with Gasteiger partial charge in [0, 0.05) is 12.2 Å². The summed E-state index contributed by atoms with van der Waals surface area (Å²) in [5, 5.41) is 5.37. The molecule has 0 spiro atoms. The van der Waals surface area contributed by atoms with Gasteiger partial charge in [-0.1, -0.05) is 48.2 Å². The number of amides is 2. The molecule has 1 aliphatic heterocycles. The maximum Gasteiger partial charge on any atom is 0.257 e. The molecular formula is C22H19FN4O3S. The van der Waals surface area contributed by atoms with Crippen LogP contribution in [0.15, 0.2) is 58.5 Å². The summed E-state index contributed by atoms with van der Waals surface area (Å²) >= 11 is 1.32. The Kier molecular flexibility index (Phi) is 5.85. The number of aryl methyl sites for hydroxylation is 1. The van der Waals surface area contributed by atoms with Gasteiger partial charge in [0.25, 0.3) is 5.56 Å². The monoisotopic (exact) mass is 438 g/mol. The Balaban J connectivity index is 1.59. The van der Waals surface area contributed by atoms with E-state index in [0.717, 1.165) is 11.1 Å². The van der Waals surface area contributed by atoms with Gasteiger partial charge in [-0.25, -0.2) is 9.37 Å². The van der Waals surface area contributed by atoms with Crippen LogP contribution in [-0.4, -0.2) is 21.8 Å². The highest BCUT2D eigenvalue weighted by Crippen LogP contribution is 2.31. The molecule has 0 fully saturated rings. The van der Waals surface area contributed by atoms with E-state index in [1.165, 1.54) is 30.0 Å². The van der Waals surface area contributed by atoms with Crippen molar-refractivity contribution in [1.29, 1.82) is 0 Å². The highest BCUT2D eigenvalue weighted by atomic mass is 32.2. The SMILES string of the molecule is Cc1ccccc1CSc1nc2c(c(=O)[nH]1)C(C(=O)Nc1ccccc1F)CC(=O)N2. The van der Waals surface area contributed by atoms with Gasteiger partial charge in [-0.05, 0) is 30.2 Å². The highest BCUT2D eigenvalue weighted by Gasteiger charge is 2.35. The summed E-state index contributed by atoms with van der Waals surface area (Å²) in [5.74, 6) is -2.12. The van der Waals surface area contributed by atoms with Gasteiger partial charge in [-0.2, -0.15) is 0 Å². The lowest BCUT2D eigenvalue weighted by Gasteiger charge is -2.23. The van der Waals surface area contributed by atoms with Crippen LogP contribution in [0.1, 0.15) is 29.0 Å². The number of nitrogens with one attached hydrogen (secondary N) is 3. The number of fused-ring (bicyclic) bond motifs is 1. The number of hydrogen-bond donors (Lipinski definition) is 3. The molecule has 9 heteroatoms. The van der Waals surface area contributed by atoms with E-state index >= 15 is 0 Å². The molecule has 0 bridgehead atoms. The zero-order valence-corrected chi connectivity index (χ0v) is 17.4. The topological polar surface area (TPSA) is 104 Å². The number of halogens is 1. The van der Waals surface area contributed by atoms with Crippen LogP contribution in [0.4, 0.5) is 15.9 Å². The molecule has 1 unspecified atom stereocenters. The third-order valence-corrected chi connectivity index (χ3v) is 5.93. The second-order valence-electron chi connectivity index (χ2n) is 7.12. The molecule has 2 heterocycles. The first-order valence-electron chi connectivity index (χ1n) is 9.59. The van der Waals surface area contributed by atoms with Crippen LogP contribution in [0.25, 0.3) is 0 Å². The summed E-state index contributed by atoms with van der Waals surface area (Å²) in [6, 6.07) is 13.6. The predicted molar refractivity (Wildman–Crippen MR) is 117 cm³/mol. The number of anilines is 2. The second-order valence-corrected chi connectivity index (χ2v) is 8.09. The quantitative estimate of drug-likeness (QED) is 0.417. The molecule has 1 atom stereocenters. The normalized spacial score (nSPS) is 15.2. The Morgan fingerprint density at radius 3 is 2.71 bits per heavy atom. The summed E-state index contributed by atoms with van der Waals surface area (Å²) in [6.07, 6.45) is -0.228. The van der Waals surface area contributed by atoms with Crippen molar-refractivity contribution in [3.05, 3.63) is 81.4 Å². The molecule has 2 amide bonds. The van der Waals surface area contributed by atoms with Gasteiger partial charge in [0.2, 0.25) is 11.8 Å². The van der Waals surface area contributed by atoms with Gasteiger partial charge in [0.05, 0.1) is 17.2 Å². The van der Waals surface area contributed by atoms with Gasteiger partial charge < -0.3 is 15.6 Å². The molecular weight excluding hydrogens is 419 g/mol. The summed E-state index contributed by atoms with van der Waals surface area (Å²) in [7, 11) is 0. The maximum atomic E-state index is 13.9. The average molecular weight is 438 g/mol. The molecule has 3 aromatic rings. The number of hydrogen-bond acceptors (Lipinski definition) is 5. The number of rotatable bonds is 5. The summed E-state index contributed by atoms with van der Waals surface area (Å²) in [5.41, 5.74) is 1.75. The summed E-state index contributed by atoms with van der Waals surface area (Å²) in [6.45, 7) is 2.00. The van der Waals surface area contributed by atoms with Crippen LogP contribution in [0.5, 0.6) is 0 Å². The van der Waals surface area contributed by atoms with Crippen LogP contribution in [0.3, 0.4) is 0 Å². The van der Waals surface area contributed by atoms with Gasteiger partial charge >= 0.3 is 0 Å². The molecule has 0 saturated carbocycles. The second kappa shape index (κ2) is 8.73. The van der Waals surface area contributed by atoms with E-state index < -0.39 is 29.1 Å². The van der Waals surface area contributed by atoms with E-state index in [4.69, 9.17) is 0 Å². The highest BCUT2D eigenvalue weighted by molar-refractivity contribution is 7.98. The smallest absolute Gasteiger partial charge is 0.257 e. The Morgan fingerprint density at radius 1 is 1.19 bits per heavy atom. The minimum Gasteiger partial charge on any atom is -0.323 e. The van der Waals surface area contributed by atoms with E-state index in [2.05, 4.69) is 20.6 Å². The number of para-hydroxylation sites is 1. The third kappa shape index (κ3) is 4.51. The van der Waals surface area contributed by atoms with Crippen LogP contribution in [0.2, 0.25) is 0 Å². The van der Waals surface area contributed by atoms with Crippen molar-refractivity contribution in [2.45, 2.75) is 30.2 Å². The summed E-state index contributed by atoms with van der Waals surface area (Å²) < 4.78 is 13.9. The first-order chi connectivity index (χ1) is 14.9. The zero-order chi connectivity index (χ0) is 22.0. The Hall–Kier alpha value is -3.46. The van der Waals surface area contributed by atoms with Crippen molar-refractivity contribution in [2.75, 3.05) is 10.6 Å². The fraction of sp³-hybridized carbons (Fsp3) is 0.182. The van der Waals surface area contributed by atoms with E-state index in [-0.39, 0.29) is 23.5 Å². The van der Waals surface area contributed by atoms with Crippen molar-refractivity contribution in [2.24, 2.45) is 0 Å². The number of aromatic nitrogens is 2. The fourth-order valence-electron chi connectivity index (χ4n) is 3.34. The van der Waals surface area contributed by atoms with Gasteiger partial charge in [-0.3, -0.25) is 14.4 Å². The van der Waals surface area contributed by atoms with Crippen LogP contribution in [0, 0.1) is 12.7 Å².